The van der Waals surface area contributed by atoms with Gasteiger partial charge in [-0.05, 0) is 37.1 Å². The molecule has 0 aliphatic carbocycles. The van der Waals surface area contributed by atoms with Crippen molar-refractivity contribution in [1.82, 2.24) is 0 Å². The predicted octanol–water partition coefficient (Wildman–Crippen LogP) is 1.58. The van der Waals surface area contributed by atoms with E-state index in [-0.39, 0.29) is 12.0 Å². The van der Waals surface area contributed by atoms with Crippen LogP contribution in [0.25, 0.3) is 0 Å². The van der Waals surface area contributed by atoms with Crippen LogP contribution in [0.4, 0.5) is 11.4 Å². The molecule has 1 aromatic rings. The number of fused-ring (bicyclic) bond motifs is 1. The van der Waals surface area contributed by atoms with Crippen LogP contribution in [0.5, 0.6) is 0 Å². The van der Waals surface area contributed by atoms with Gasteiger partial charge in [0.25, 0.3) is 0 Å². The molecule has 1 aliphatic heterocycles. The summed E-state index contributed by atoms with van der Waals surface area (Å²) in [7, 11) is 1.66. The summed E-state index contributed by atoms with van der Waals surface area (Å²) in [6.45, 7) is 2.55. The molecular formula is C13H18N2O2. The molecule has 1 amide bonds. The van der Waals surface area contributed by atoms with E-state index < -0.39 is 0 Å². The van der Waals surface area contributed by atoms with Gasteiger partial charge in [-0.15, -0.1) is 0 Å². The van der Waals surface area contributed by atoms with Gasteiger partial charge in [0.1, 0.15) is 0 Å². The lowest BCUT2D eigenvalue weighted by molar-refractivity contribution is -0.119. The molecule has 2 rings (SSSR count). The summed E-state index contributed by atoms with van der Waals surface area (Å²) in [6.07, 6.45) is 1.35. The summed E-state index contributed by atoms with van der Waals surface area (Å²) >= 11 is 0. The monoisotopic (exact) mass is 234 g/mol. The Labute approximate surface area is 101 Å². The zero-order valence-electron chi connectivity index (χ0n) is 10.3. The molecule has 1 unspecified atom stereocenters. The highest BCUT2D eigenvalue weighted by Crippen LogP contribution is 2.29. The first-order chi connectivity index (χ1) is 8.11. The molecule has 92 valence electrons. The SMILES string of the molecule is COC(C)CN1C(=O)CCc2cc(N)ccc21. The summed E-state index contributed by atoms with van der Waals surface area (Å²) in [5.41, 5.74) is 8.63. The summed E-state index contributed by atoms with van der Waals surface area (Å²) in [4.78, 5) is 13.7. The molecule has 0 fully saturated rings. The third kappa shape index (κ3) is 2.42. The Morgan fingerprint density at radius 2 is 2.24 bits per heavy atom. The van der Waals surface area contributed by atoms with E-state index in [4.69, 9.17) is 10.5 Å². The first-order valence-corrected chi connectivity index (χ1v) is 5.83. The van der Waals surface area contributed by atoms with Crippen LogP contribution in [0.3, 0.4) is 0 Å². The van der Waals surface area contributed by atoms with Gasteiger partial charge in [0.2, 0.25) is 5.91 Å². The van der Waals surface area contributed by atoms with E-state index in [2.05, 4.69) is 0 Å². The van der Waals surface area contributed by atoms with Gasteiger partial charge >= 0.3 is 0 Å². The first-order valence-electron chi connectivity index (χ1n) is 5.83. The smallest absolute Gasteiger partial charge is 0.227 e. The fourth-order valence-corrected chi connectivity index (χ4v) is 2.11. The summed E-state index contributed by atoms with van der Waals surface area (Å²) in [6, 6.07) is 5.71. The lowest BCUT2D eigenvalue weighted by Gasteiger charge is -2.31. The van der Waals surface area contributed by atoms with Crippen molar-refractivity contribution < 1.29 is 9.53 Å². The topological polar surface area (TPSA) is 55.6 Å². The van der Waals surface area contributed by atoms with Gasteiger partial charge in [0, 0.05) is 24.9 Å². The van der Waals surface area contributed by atoms with E-state index in [1.54, 1.807) is 12.0 Å². The van der Waals surface area contributed by atoms with Crippen molar-refractivity contribution >= 4 is 17.3 Å². The number of methoxy groups -OCH3 is 1. The fourth-order valence-electron chi connectivity index (χ4n) is 2.11. The van der Waals surface area contributed by atoms with Crippen molar-refractivity contribution in [3.63, 3.8) is 0 Å². The highest BCUT2D eigenvalue weighted by molar-refractivity contribution is 5.96. The number of ether oxygens (including phenoxy) is 1. The second-order valence-corrected chi connectivity index (χ2v) is 4.44. The van der Waals surface area contributed by atoms with Crippen LogP contribution in [0.1, 0.15) is 18.9 Å². The van der Waals surface area contributed by atoms with Crippen molar-refractivity contribution in [1.29, 1.82) is 0 Å². The molecule has 0 saturated carbocycles. The number of nitrogen functional groups attached to an aromatic ring is 1. The van der Waals surface area contributed by atoms with Crippen LogP contribution in [0.2, 0.25) is 0 Å². The predicted molar refractivity (Wildman–Crippen MR) is 68.0 cm³/mol. The number of nitrogens with two attached hydrogens (primary N) is 1. The normalized spacial score (nSPS) is 16.8. The Morgan fingerprint density at radius 3 is 2.94 bits per heavy atom. The highest BCUT2D eigenvalue weighted by Gasteiger charge is 2.25. The molecule has 1 aromatic carbocycles. The molecule has 17 heavy (non-hydrogen) atoms. The third-order valence-corrected chi connectivity index (χ3v) is 3.15. The molecule has 0 saturated heterocycles. The van der Waals surface area contributed by atoms with Crippen LogP contribution < -0.4 is 10.6 Å². The average molecular weight is 234 g/mol. The van der Waals surface area contributed by atoms with Gasteiger partial charge in [0.05, 0.1) is 12.6 Å². The largest absolute Gasteiger partial charge is 0.399 e. The van der Waals surface area contributed by atoms with E-state index in [0.29, 0.717) is 13.0 Å². The summed E-state index contributed by atoms with van der Waals surface area (Å²) < 4.78 is 5.22. The number of benzene rings is 1. The van der Waals surface area contributed by atoms with E-state index in [1.165, 1.54) is 0 Å². The Hall–Kier alpha value is -1.55. The summed E-state index contributed by atoms with van der Waals surface area (Å²) in [5.74, 6) is 0.158. The van der Waals surface area contributed by atoms with Gasteiger partial charge < -0.3 is 15.4 Å². The van der Waals surface area contributed by atoms with Gasteiger partial charge in [0.15, 0.2) is 0 Å². The first kappa shape index (κ1) is 11.9. The molecule has 1 atom stereocenters. The Balaban J connectivity index is 2.30. The Bertz CT molecular complexity index is 431. The van der Waals surface area contributed by atoms with Crippen LogP contribution in [-0.4, -0.2) is 25.7 Å². The molecule has 0 radical (unpaired) electrons. The number of anilines is 2. The molecule has 1 aliphatic rings. The molecule has 1 heterocycles. The second-order valence-electron chi connectivity index (χ2n) is 4.44. The van der Waals surface area contributed by atoms with Crippen molar-refractivity contribution in [2.45, 2.75) is 25.9 Å². The maximum absolute atomic E-state index is 11.9. The molecule has 0 bridgehead atoms. The van der Waals surface area contributed by atoms with Crippen molar-refractivity contribution in [3.8, 4) is 0 Å². The minimum atomic E-state index is 0.0300. The zero-order chi connectivity index (χ0) is 12.4. The van der Waals surface area contributed by atoms with Crippen molar-refractivity contribution in [2.75, 3.05) is 24.3 Å². The lowest BCUT2D eigenvalue weighted by Crippen LogP contribution is -2.40. The number of nitrogens with zero attached hydrogens (tertiary/aromatic N) is 1. The summed E-state index contributed by atoms with van der Waals surface area (Å²) in [5, 5.41) is 0. The minimum absolute atomic E-state index is 0.0300. The number of carbonyl (C=O) groups is 1. The molecule has 2 N–H and O–H groups in total. The van der Waals surface area contributed by atoms with Crippen LogP contribution >= 0.6 is 0 Å². The quantitative estimate of drug-likeness (QED) is 0.808. The van der Waals surface area contributed by atoms with E-state index in [1.807, 2.05) is 25.1 Å². The van der Waals surface area contributed by atoms with Crippen molar-refractivity contribution in [2.24, 2.45) is 0 Å². The van der Waals surface area contributed by atoms with E-state index in [0.717, 1.165) is 23.4 Å². The maximum atomic E-state index is 11.9. The van der Waals surface area contributed by atoms with Crippen molar-refractivity contribution in [3.05, 3.63) is 23.8 Å². The van der Waals surface area contributed by atoms with Crippen LogP contribution in [0, 0.1) is 0 Å². The Kier molecular flexibility index (Phi) is 3.33. The number of aryl methyl sites for hydroxylation is 1. The molecular weight excluding hydrogens is 216 g/mol. The minimum Gasteiger partial charge on any atom is -0.399 e. The van der Waals surface area contributed by atoms with Crippen LogP contribution in [0.15, 0.2) is 18.2 Å². The molecule has 4 nitrogen and oxygen atoms in total. The molecule has 0 spiro atoms. The second kappa shape index (κ2) is 4.75. The van der Waals surface area contributed by atoms with Gasteiger partial charge in [-0.1, -0.05) is 0 Å². The molecule has 0 aromatic heterocycles. The zero-order valence-corrected chi connectivity index (χ0v) is 10.3. The third-order valence-electron chi connectivity index (χ3n) is 3.15. The lowest BCUT2D eigenvalue weighted by atomic mass is 10.00. The van der Waals surface area contributed by atoms with E-state index in [9.17, 15) is 4.79 Å². The maximum Gasteiger partial charge on any atom is 0.227 e. The Morgan fingerprint density at radius 1 is 1.47 bits per heavy atom. The van der Waals surface area contributed by atoms with Gasteiger partial charge in [-0.3, -0.25) is 4.79 Å². The fraction of sp³-hybridized carbons (Fsp3) is 0.462. The number of hydrogen-bond donors (Lipinski definition) is 1. The number of hydrogen-bond acceptors (Lipinski definition) is 3. The molecule has 4 heteroatoms. The van der Waals surface area contributed by atoms with Gasteiger partial charge in [-0.2, -0.15) is 0 Å². The number of carbonyl (C=O) groups excluding carboxylic acids is 1. The standard InChI is InChI=1S/C13H18N2O2/c1-9(17-2)8-15-12-5-4-11(14)7-10(12)3-6-13(15)16/h4-5,7,9H,3,6,8,14H2,1-2H3. The van der Waals surface area contributed by atoms with Gasteiger partial charge in [-0.25, -0.2) is 0 Å². The van der Waals surface area contributed by atoms with E-state index >= 15 is 0 Å². The number of rotatable bonds is 3. The highest BCUT2D eigenvalue weighted by atomic mass is 16.5. The number of amides is 1. The van der Waals surface area contributed by atoms with Crippen LogP contribution in [-0.2, 0) is 16.0 Å². The average Bonchev–Trinajstić information content (AvgIpc) is 2.32.